The second-order valence-corrected chi connectivity index (χ2v) is 7.47. The first-order valence-electron chi connectivity index (χ1n) is 6.32. The van der Waals surface area contributed by atoms with Gasteiger partial charge in [-0.2, -0.15) is 0 Å². The van der Waals surface area contributed by atoms with Crippen LogP contribution in [0.25, 0.3) is 0 Å². The number of hydrogen-bond acceptors (Lipinski definition) is 2. The van der Waals surface area contributed by atoms with Gasteiger partial charge in [0.1, 0.15) is 0 Å². The van der Waals surface area contributed by atoms with Crippen molar-refractivity contribution in [2.24, 2.45) is 5.92 Å². The van der Waals surface area contributed by atoms with E-state index in [1.165, 1.54) is 32.1 Å². The highest BCUT2D eigenvalue weighted by atomic mass is 79.9. The van der Waals surface area contributed by atoms with E-state index >= 15 is 0 Å². The molecular formula is C13H16BrNOS. The van der Waals surface area contributed by atoms with Crippen molar-refractivity contribution in [1.29, 1.82) is 0 Å². The fourth-order valence-electron chi connectivity index (χ4n) is 3.23. The monoisotopic (exact) mass is 313 g/mol. The summed E-state index contributed by atoms with van der Waals surface area (Å²) in [5.41, 5.74) is 0. The molecule has 2 atom stereocenters. The van der Waals surface area contributed by atoms with Crippen LogP contribution in [0.15, 0.2) is 15.9 Å². The highest BCUT2D eigenvalue weighted by Gasteiger charge is 2.38. The van der Waals surface area contributed by atoms with Crippen molar-refractivity contribution in [1.82, 2.24) is 4.90 Å². The average Bonchev–Trinajstić information content (AvgIpc) is 2.94. The first-order chi connectivity index (χ1) is 8.25. The zero-order chi connectivity index (χ0) is 11.8. The number of carbonyl (C=O) groups is 1. The molecule has 1 aromatic rings. The topological polar surface area (TPSA) is 20.3 Å². The van der Waals surface area contributed by atoms with Crippen LogP contribution in [-0.2, 0) is 0 Å². The molecule has 92 valence electrons. The van der Waals surface area contributed by atoms with E-state index in [4.69, 9.17) is 0 Å². The zero-order valence-electron chi connectivity index (χ0n) is 9.69. The second-order valence-electron chi connectivity index (χ2n) is 5.00. The van der Waals surface area contributed by atoms with Gasteiger partial charge in [-0.15, -0.1) is 11.3 Å². The van der Waals surface area contributed by atoms with Gasteiger partial charge in [0.2, 0.25) is 0 Å². The minimum Gasteiger partial charge on any atom is -0.335 e. The number of carbonyl (C=O) groups excluding carboxylic acids is 1. The Kier molecular flexibility index (Phi) is 3.26. The Bertz CT molecular complexity index is 431. The Morgan fingerprint density at radius 1 is 1.29 bits per heavy atom. The molecule has 1 aliphatic carbocycles. The molecule has 1 aromatic heterocycles. The predicted octanol–water partition coefficient (Wildman–Crippen LogP) is 3.92. The third kappa shape index (κ3) is 2.17. The van der Waals surface area contributed by atoms with Crippen LogP contribution in [0.3, 0.4) is 0 Å². The molecule has 1 aliphatic heterocycles. The average molecular weight is 314 g/mol. The lowest BCUT2D eigenvalue weighted by Crippen LogP contribution is -2.38. The summed E-state index contributed by atoms with van der Waals surface area (Å²) >= 11 is 4.97. The molecule has 1 saturated carbocycles. The van der Waals surface area contributed by atoms with Crippen LogP contribution >= 0.6 is 27.3 Å². The maximum Gasteiger partial charge on any atom is 0.264 e. The van der Waals surface area contributed by atoms with Crippen molar-refractivity contribution < 1.29 is 4.79 Å². The van der Waals surface area contributed by atoms with E-state index in [2.05, 4.69) is 20.8 Å². The Hall–Kier alpha value is -0.350. The van der Waals surface area contributed by atoms with Crippen LogP contribution in [0.4, 0.5) is 0 Å². The van der Waals surface area contributed by atoms with E-state index in [-0.39, 0.29) is 5.91 Å². The van der Waals surface area contributed by atoms with Gasteiger partial charge in [-0.1, -0.05) is 12.8 Å². The molecule has 0 N–H and O–H groups in total. The number of hydrogen-bond donors (Lipinski definition) is 0. The molecule has 3 rings (SSSR count). The molecular weight excluding hydrogens is 298 g/mol. The lowest BCUT2D eigenvalue weighted by molar-refractivity contribution is 0.0695. The van der Waals surface area contributed by atoms with Crippen LogP contribution in [0.1, 0.15) is 41.8 Å². The number of thiophene rings is 1. The van der Waals surface area contributed by atoms with Gasteiger partial charge >= 0.3 is 0 Å². The Morgan fingerprint density at radius 2 is 2.12 bits per heavy atom. The molecule has 0 aromatic carbocycles. The normalized spacial score (nSPS) is 28.2. The van der Waals surface area contributed by atoms with Gasteiger partial charge in [0, 0.05) is 12.6 Å². The molecule has 2 aliphatic rings. The van der Waals surface area contributed by atoms with Crippen molar-refractivity contribution in [3.63, 3.8) is 0 Å². The van der Waals surface area contributed by atoms with Gasteiger partial charge < -0.3 is 4.90 Å². The van der Waals surface area contributed by atoms with E-state index in [0.717, 1.165) is 21.1 Å². The summed E-state index contributed by atoms with van der Waals surface area (Å²) in [5, 5.41) is 0. The molecule has 2 fully saturated rings. The lowest BCUT2D eigenvalue weighted by atomic mass is 9.85. The Labute approximate surface area is 114 Å². The summed E-state index contributed by atoms with van der Waals surface area (Å²) < 4.78 is 1.04. The van der Waals surface area contributed by atoms with Crippen LogP contribution in [-0.4, -0.2) is 23.4 Å². The number of fused-ring (bicyclic) bond motifs is 1. The van der Waals surface area contributed by atoms with Gasteiger partial charge in [-0.3, -0.25) is 4.79 Å². The molecule has 0 radical (unpaired) electrons. The number of nitrogens with zero attached hydrogens (tertiary/aromatic N) is 1. The number of halogens is 1. The van der Waals surface area contributed by atoms with Gasteiger partial charge in [-0.05, 0) is 53.2 Å². The van der Waals surface area contributed by atoms with Crippen LogP contribution in [0.2, 0.25) is 0 Å². The van der Waals surface area contributed by atoms with Crippen molar-refractivity contribution in [3.8, 4) is 0 Å². The predicted molar refractivity (Wildman–Crippen MR) is 73.4 cm³/mol. The van der Waals surface area contributed by atoms with Gasteiger partial charge in [0.05, 0.1) is 8.66 Å². The standard InChI is InChI=1S/C13H16BrNOS/c14-12-6-5-11(17-12)13(16)15-8-7-9-3-1-2-4-10(9)15/h5-6,9-10H,1-4,7-8H2. The molecule has 2 unspecified atom stereocenters. The van der Waals surface area contributed by atoms with Crippen molar-refractivity contribution in [3.05, 3.63) is 20.8 Å². The molecule has 2 heterocycles. The molecule has 1 saturated heterocycles. The molecule has 4 heteroatoms. The minimum absolute atomic E-state index is 0.245. The van der Waals surface area contributed by atoms with Crippen molar-refractivity contribution in [2.45, 2.75) is 38.1 Å². The Balaban J connectivity index is 1.78. The first kappa shape index (κ1) is 11.7. The summed E-state index contributed by atoms with van der Waals surface area (Å²) in [6.07, 6.45) is 6.39. The number of rotatable bonds is 1. The fraction of sp³-hybridized carbons (Fsp3) is 0.615. The summed E-state index contributed by atoms with van der Waals surface area (Å²) in [6.45, 7) is 0.962. The summed E-state index contributed by atoms with van der Waals surface area (Å²) in [7, 11) is 0. The highest BCUT2D eigenvalue weighted by molar-refractivity contribution is 9.11. The molecule has 1 amide bonds. The van der Waals surface area contributed by atoms with E-state index in [9.17, 15) is 4.79 Å². The quantitative estimate of drug-likeness (QED) is 0.769. The minimum atomic E-state index is 0.245. The summed E-state index contributed by atoms with van der Waals surface area (Å²) in [4.78, 5) is 15.4. The Morgan fingerprint density at radius 3 is 2.88 bits per heavy atom. The van der Waals surface area contributed by atoms with Gasteiger partial charge in [-0.25, -0.2) is 0 Å². The van der Waals surface area contributed by atoms with E-state index in [1.807, 2.05) is 12.1 Å². The van der Waals surface area contributed by atoms with Crippen molar-refractivity contribution >= 4 is 33.2 Å². The number of likely N-dealkylation sites (tertiary alicyclic amines) is 1. The second kappa shape index (κ2) is 4.73. The molecule has 2 nitrogen and oxygen atoms in total. The van der Waals surface area contributed by atoms with E-state index < -0.39 is 0 Å². The molecule has 0 spiro atoms. The van der Waals surface area contributed by atoms with Gasteiger partial charge in [0.25, 0.3) is 5.91 Å². The SMILES string of the molecule is O=C(c1ccc(Br)s1)N1CCC2CCCCC21. The number of amides is 1. The molecule has 0 bridgehead atoms. The fourth-order valence-corrected chi connectivity index (χ4v) is 4.57. The van der Waals surface area contributed by atoms with Crippen LogP contribution in [0.5, 0.6) is 0 Å². The zero-order valence-corrected chi connectivity index (χ0v) is 12.1. The van der Waals surface area contributed by atoms with E-state index in [0.29, 0.717) is 6.04 Å². The lowest BCUT2D eigenvalue weighted by Gasteiger charge is -2.31. The van der Waals surface area contributed by atoms with Crippen LogP contribution in [0, 0.1) is 5.92 Å². The maximum atomic E-state index is 12.4. The summed E-state index contributed by atoms with van der Waals surface area (Å²) in [6, 6.07) is 4.43. The first-order valence-corrected chi connectivity index (χ1v) is 7.93. The van der Waals surface area contributed by atoms with Crippen LogP contribution < -0.4 is 0 Å². The van der Waals surface area contributed by atoms with Gasteiger partial charge in [0.15, 0.2) is 0 Å². The largest absolute Gasteiger partial charge is 0.335 e. The maximum absolute atomic E-state index is 12.4. The highest BCUT2D eigenvalue weighted by Crippen LogP contribution is 2.37. The molecule has 17 heavy (non-hydrogen) atoms. The third-order valence-corrected chi connectivity index (χ3v) is 5.67. The third-order valence-electron chi connectivity index (χ3n) is 4.05. The van der Waals surface area contributed by atoms with Crippen molar-refractivity contribution in [2.75, 3.05) is 6.54 Å². The summed E-state index contributed by atoms with van der Waals surface area (Å²) in [5.74, 6) is 1.02. The smallest absolute Gasteiger partial charge is 0.264 e. The van der Waals surface area contributed by atoms with E-state index in [1.54, 1.807) is 11.3 Å².